The van der Waals surface area contributed by atoms with Gasteiger partial charge in [0, 0.05) is 37.4 Å². The number of carbonyl (C=O) groups excluding carboxylic acids is 3. The van der Waals surface area contributed by atoms with E-state index in [0.29, 0.717) is 11.4 Å². The zero-order chi connectivity index (χ0) is 23.0. The summed E-state index contributed by atoms with van der Waals surface area (Å²) in [5, 5.41) is 2.28. The number of nitrogens with zero attached hydrogens (tertiary/aromatic N) is 3. The van der Waals surface area contributed by atoms with E-state index in [1.165, 1.54) is 6.08 Å². The molecule has 4 amide bonds. The van der Waals surface area contributed by atoms with E-state index in [1.807, 2.05) is 86.1 Å². The van der Waals surface area contributed by atoms with Crippen molar-refractivity contribution in [3.63, 3.8) is 0 Å². The van der Waals surface area contributed by atoms with Crippen molar-refractivity contribution in [3.8, 4) is 5.69 Å². The second-order valence-corrected chi connectivity index (χ2v) is 7.94. The number of rotatable bonds is 4. The fourth-order valence-electron chi connectivity index (χ4n) is 3.56. The summed E-state index contributed by atoms with van der Waals surface area (Å²) in [5.41, 5.74) is 4.90. The second-order valence-electron chi connectivity index (χ2n) is 7.94. The molecule has 162 valence electrons. The molecule has 0 unspecified atom stereocenters. The van der Waals surface area contributed by atoms with Crippen LogP contribution in [0, 0.1) is 13.8 Å². The first kappa shape index (κ1) is 21.1. The molecule has 2 heterocycles. The highest BCUT2D eigenvalue weighted by Gasteiger charge is 2.37. The number of anilines is 2. The third kappa shape index (κ3) is 3.80. The van der Waals surface area contributed by atoms with Crippen molar-refractivity contribution in [3.05, 3.63) is 83.2 Å². The molecule has 0 saturated carbocycles. The zero-order valence-electron chi connectivity index (χ0n) is 18.4. The zero-order valence-corrected chi connectivity index (χ0v) is 18.4. The topological polar surface area (TPSA) is 74.7 Å². The van der Waals surface area contributed by atoms with E-state index in [1.54, 1.807) is 12.1 Å². The molecule has 0 bridgehead atoms. The van der Waals surface area contributed by atoms with Crippen molar-refractivity contribution in [2.45, 2.75) is 13.8 Å². The van der Waals surface area contributed by atoms with Crippen molar-refractivity contribution >= 4 is 35.3 Å². The molecule has 0 spiro atoms. The Morgan fingerprint density at radius 2 is 1.56 bits per heavy atom. The monoisotopic (exact) mass is 428 g/mol. The van der Waals surface area contributed by atoms with Gasteiger partial charge in [0.15, 0.2) is 0 Å². The summed E-state index contributed by atoms with van der Waals surface area (Å²) in [6, 6.07) is 16.1. The molecule has 0 atom stereocenters. The number of benzene rings is 2. The van der Waals surface area contributed by atoms with Gasteiger partial charge in [0.2, 0.25) is 0 Å². The molecule has 0 aliphatic carbocycles. The SMILES string of the molecule is Cc1ccc(N2C(=O)NC(=O)/C(=C\c3cccn3-c3ccc(N(C)C)cc3)C2=O)cc1C. The third-order valence-corrected chi connectivity index (χ3v) is 5.57. The summed E-state index contributed by atoms with van der Waals surface area (Å²) in [7, 11) is 3.94. The summed E-state index contributed by atoms with van der Waals surface area (Å²) < 4.78 is 1.88. The predicted octanol–water partition coefficient (Wildman–Crippen LogP) is 3.83. The molecule has 1 aromatic heterocycles. The molecular formula is C25H24N4O3. The van der Waals surface area contributed by atoms with Crippen molar-refractivity contribution < 1.29 is 14.4 Å². The maximum atomic E-state index is 13.2. The smallest absolute Gasteiger partial charge is 0.335 e. The van der Waals surface area contributed by atoms with Crippen LogP contribution in [0.15, 0.2) is 66.4 Å². The lowest BCUT2D eigenvalue weighted by molar-refractivity contribution is -0.122. The maximum absolute atomic E-state index is 13.2. The Morgan fingerprint density at radius 3 is 2.22 bits per heavy atom. The van der Waals surface area contributed by atoms with Crippen LogP contribution in [0.25, 0.3) is 11.8 Å². The Kier molecular flexibility index (Phi) is 5.40. The Bertz CT molecular complexity index is 1250. The maximum Gasteiger partial charge on any atom is 0.335 e. The Hall–Kier alpha value is -4.13. The standard InChI is InChI=1S/C25H24N4O3/c1-16-7-8-21(14-17(16)2)29-24(31)22(23(30)26-25(29)32)15-20-6-5-13-28(20)19-11-9-18(10-12-19)27(3)4/h5-15H,1-4H3,(H,26,30,32)/b22-15+. The fraction of sp³-hybridized carbons (Fsp3) is 0.160. The summed E-state index contributed by atoms with van der Waals surface area (Å²) >= 11 is 0. The number of barbiturate groups is 1. The van der Waals surface area contributed by atoms with Crippen LogP contribution in [-0.4, -0.2) is 36.5 Å². The van der Waals surface area contributed by atoms with Crippen LogP contribution in [0.2, 0.25) is 0 Å². The first-order chi connectivity index (χ1) is 15.3. The van der Waals surface area contributed by atoms with Gasteiger partial charge in [-0.3, -0.25) is 14.9 Å². The number of carbonyl (C=O) groups is 3. The van der Waals surface area contributed by atoms with Crippen LogP contribution in [-0.2, 0) is 9.59 Å². The number of urea groups is 1. The molecule has 3 aromatic rings. The fourth-order valence-corrected chi connectivity index (χ4v) is 3.56. The van der Waals surface area contributed by atoms with Gasteiger partial charge in [-0.2, -0.15) is 0 Å². The van der Waals surface area contributed by atoms with E-state index < -0.39 is 17.8 Å². The summed E-state index contributed by atoms with van der Waals surface area (Å²) in [4.78, 5) is 41.2. The van der Waals surface area contributed by atoms with Crippen molar-refractivity contribution in [2.24, 2.45) is 0 Å². The molecule has 1 aliphatic rings. The number of aromatic nitrogens is 1. The highest BCUT2D eigenvalue weighted by atomic mass is 16.2. The molecule has 4 rings (SSSR count). The Balaban J connectivity index is 1.71. The molecule has 7 nitrogen and oxygen atoms in total. The van der Waals surface area contributed by atoms with Gasteiger partial charge in [-0.25, -0.2) is 9.69 Å². The number of hydrogen-bond acceptors (Lipinski definition) is 4. The highest BCUT2D eigenvalue weighted by molar-refractivity contribution is 6.39. The van der Waals surface area contributed by atoms with E-state index in [0.717, 1.165) is 27.4 Å². The molecule has 1 N–H and O–H groups in total. The first-order valence-corrected chi connectivity index (χ1v) is 10.2. The average Bonchev–Trinajstić information content (AvgIpc) is 3.22. The Labute approximate surface area is 186 Å². The van der Waals surface area contributed by atoms with Crippen molar-refractivity contribution in [2.75, 3.05) is 23.9 Å². The van der Waals surface area contributed by atoms with Gasteiger partial charge in [-0.05, 0) is 79.6 Å². The van der Waals surface area contributed by atoms with Crippen LogP contribution >= 0.6 is 0 Å². The summed E-state index contributed by atoms with van der Waals surface area (Å²) in [6.07, 6.45) is 3.37. The van der Waals surface area contributed by atoms with Crippen LogP contribution in [0.5, 0.6) is 0 Å². The van der Waals surface area contributed by atoms with Crippen LogP contribution in [0.4, 0.5) is 16.2 Å². The Morgan fingerprint density at radius 1 is 0.875 bits per heavy atom. The van der Waals surface area contributed by atoms with Gasteiger partial charge in [0.25, 0.3) is 11.8 Å². The normalized spacial score (nSPS) is 15.3. The van der Waals surface area contributed by atoms with Crippen molar-refractivity contribution in [1.29, 1.82) is 0 Å². The molecule has 1 saturated heterocycles. The van der Waals surface area contributed by atoms with Crippen LogP contribution < -0.4 is 15.1 Å². The largest absolute Gasteiger partial charge is 0.378 e. The van der Waals surface area contributed by atoms with Gasteiger partial charge in [0.1, 0.15) is 5.57 Å². The molecule has 1 fully saturated rings. The van der Waals surface area contributed by atoms with E-state index >= 15 is 0 Å². The first-order valence-electron chi connectivity index (χ1n) is 10.2. The van der Waals surface area contributed by atoms with Gasteiger partial charge in [0.05, 0.1) is 5.69 Å². The molecule has 0 radical (unpaired) electrons. The summed E-state index contributed by atoms with van der Waals surface area (Å²) in [6.45, 7) is 3.85. The number of aryl methyl sites for hydroxylation is 2. The quantitative estimate of drug-likeness (QED) is 0.506. The minimum absolute atomic E-state index is 0.104. The molecule has 32 heavy (non-hydrogen) atoms. The van der Waals surface area contributed by atoms with E-state index in [4.69, 9.17) is 0 Å². The van der Waals surface area contributed by atoms with E-state index in [9.17, 15) is 14.4 Å². The number of imide groups is 2. The lowest BCUT2D eigenvalue weighted by Crippen LogP contribution is -2.54. The van der Waals surface area contributed by atoms with Gasteiger partial charge >= 0.3 is 6.03 Å². The van der Waals surface area contributed by atoms with Crippen LogP contribution in [0.1, 0.15) is 16.8 Å². The van der Waals surface area contributed by atoms with Gasteiger partial charge in [-0.15, -0.1) is 0 Å². The molecule has 2 aromatic carbocycles. The second kappa shape index (κ2) is 8.19. The highest BCUT2D eigenvalue weighted by Crippen LogP contribution is 2.25. The average molecular weight is 428 g/mol. The van der Waals surface area contributed by atoms with Gasteiger partial charge in [-0.1, -0.05) is 6.07 Å². The molecule has 7 heteroatoms. The van der Waals surface area contributed by atoms with E-state index in [-0.39, 0.29) is 5.57 Å². The van der Waals surface area contributed by atoms with Gasteiger partial charge < -0.3 is 9.47 Å². The lowest BCUT2D eigenvalue weighted by Gasteiger charge is -2.27. The minimum Gasteiger partial charge on any atom is -0.378 e. The predicted molar refractivity (Wildman–Crippen MR) is 125 cm³/mol. The lowest BCUT2D eigenvalue weighted by atomic mass is 10.1. The third-order valence-electron chi connectivity index (χ3n) is 5.57. The van der Waals surface area contributed by atoms with E-state index in [2.05, 4.69) is 5.32 Å². The number of hydrogen-bond donors (Lipinski definition) is 1. The minimum atomic E-state index is -0.755. The number of nitrogens with one attached hydrogen (secondary N) is 1. The molecule has 1 aliphatic heterocycles. The number of amides is 4. The summed E-state index contributed by atoms with van der Waals surface area (Å²) in [5.74, 6) is -1.37. The van der Waals surface area contributed by atoms with Crippen molar-refractivity contribution in [1.82, 2.24) is 9.88 Å². The molecular weight excluding hydrogens is 404 g/mol. The van der Waals surface area contributed by atoms with Crippen LogP contribution in [0.3, 0.4) is 0 Å².